The maximum absolute atomic E-state index is 10.6. The normalized spacial score (nSPS) is 26.6. The molecule has 4 aliphatic heterocycles. The average molecular weight is 565 g/mol. The van der Waals surface area contributed by atoms with Gasteiger partial charge < -0.3 is 19.3 Å². The van der Waals surface area contributed by atoms with E-state index in [-0.39, 0.29) is 50.1 Å². The van der Waals surface area contributed by atoms with Crippen LogP contribution in [0.4, 0.5) is 0 Å². The Kier molecular flexibility index (Phi) is 7.44. The van der Waals surface area contributed by atoms with Crippen molar-refractivity contribution in [2.75, 3.05) is 27.1 Å². The summed E-state index contributed by atoms with van der Waals surface area (Å²) in [5, 5.41) is 15.7. The zero-order chi connectivity index (χ0) is 30.5. The Hall–Kier alpha value is -2.64. The number of likely N-dealkylation sites (N-methyl/N-ethyl adjacent to an activating group) is 1. The van der Waals surface area contributed by atoms with Crippen LogP contribution < -0.4 is 14.2 Å². The fraction of sp³-hybridized carbons (Fsp3) is 0.516. The summed E-state index contributed by atoms with van der Waals surface area (Å²) in [5.74, 6) is 2.14. The SMILES string of the molecule is [2H]B(C)S.[3H]OC[C@H]1c2c(c(OCC=C)c(C)c3c2OCO3)CC2[C@H]3c4c(cc(C)c(C)c4C)C[C@@H]([C@H](C#N)N21)N3C. The van der Waals surface area contributed by atoms with Gasteiger partial charge in [-0.25, -0.2) is 12.5 Å². The second-order valence-corrected chi connectivity index (χ2v) is 11.7. The monoisotopic (exact) mass is 564 g/mol. The fourth-order valence-electron chi connectivity index (χ4n) is 7.47. The van der Waals surface area contributed by atoms with Crippen LogP contribution in [0.15, 0.2) is 18.7 Å². The minimum absolute atomic E-state index is 0.0146. The third-order valence-electron chi connectivity index (χ3n) is 9.29. The van der Waals surface area contributed by atoms with Gasteiger partial charge in [-0.05, 0) is 76.7 Å². The van der Waals surface area contributed by atoms with Gasteiger partial charge in [-0.3, -0.25) is 9.80 Å². The first-order valence-electron chi connectivity index (χ1n) is 14.9. The summed E-state index contributed by atoms with van der Waals surface area (Å²) in [6.45, 7) is 14.6. The first-order chi connectivity index (χ1) is 20.1. The van der Waals surface area contributed by atoms with E-state index in [2.05, 4.69) is 68.8 Å². The van der Waals surface area contributed by atoms with E-state index in [1.807, 2.05) is 6.92 Å². The van der Waals surface area contributed by atoms with Crippen LogP contribution in [0, 0.1) is 39.0 Å². The van der Waals surface area contributed by atoms with Gasteiger partial charge in [-0.2, -0.15) is 5.26 Å². The number of aryl methyl sites for hydroxylation is 1. The highest BCUT2D eigenvalue weighted by atomic mass is 32.1. The molecule has 1 N–H and O–H groups in total. The van der Waals surface area contributed by atoms with Crippen molar-refractivity contribution in [3.8, 4) is 23.3 Å². The molecule has 5 atom stereocenters. The molecule has 0 saturated carbocycles. The summed E-state index contributed by atoms with van der Waals surface area (Å²) in [6.07, 6.45) is 3.23. The largest absolute Gasteiger partial charge is 0.489 e. The summed E-state index contributed by atoms with van der Waals surface area (Å²) < 4.78 is 32.5. The lowest BCUT2D eigenvalue weighted by atomic mass is 9.70. The van der Waals surface area contributed by atoms with Crippen molar-refractivity contribution in [3.63, 3.8) is 0 Å². The minimum atomic E-state index is -0.374. The zero-order valence-electron chi connectivity index (χ0n) is 26.3. The van der Waals surface area contributed by atoms with Gasteiger partial charge in [0, 0.05) is 28.8 Å². The van der Waals surface area contributed by atoms with Gasteiger partial charge in [0.1, 0.15) is 18.4 Å². The first kappa shape index (κ1) is 26.3. The Morgan fingerprint density at radius 3 is 2.65 bits per heavy atom. The molecule has 1 saturated heterocycles. The van der Waals surface area contributed by atoms with Crippen molar-refractivity contribution in [3.05, 3.63) is 63.2 Å². The maximum atomic E-state index is 10.6. The summed E-state index contributed by atoms with van der Waals surface area (Å²) in [4.78, 5) is 4.74. The lowest BCUT2D eigenvalue weighted by molar-refractivity contribution is -0.0821. The molecule has 40 heavy (non-hydrogen) atoms. The van der Waals surface area contributed by atoms with E-state index in [0.717, 1.165) is 28.9 Å². The van der Waals surface area contributed by atoms with E-state index < -0.39 is 0 Å². The smallest absolute Gasteiger partial charge is 0.231 e. The molecule has 2 aromatic rings. The lowest BCUT2D eigenvalue weighted by Crippen LogP contribution is -2.68. The zero-order valence-corrected chi connectivity index (χ0v) is 25.2. The third kappa shape index (κ3) is 4.23. The molecular formula is C31H40BN3O4S. The number of benzene rings is 2. The number of hydrogen-bond acceptors (Lipinski definition) is 8. The van der Waals surface area contributed by atoms with E-state index >= 15 is 0 Å². The van der Waals surface area contributed by atoms with Crippen LogP contribution in [-0.4, -0.2) is 69.4 Å². The topological polar surface area (TPSA) is 78.2 Å². The number of piperazine rings is 1. The first-order valence-corrected chi connectivity index (χ1v) is 14.4. The number of thiol groups is 1. The number of aliphatic hydroxyl groups is 1. The second-order valence-electron chi connectivity index (χ2n) is 11.1. The number of aliphatic hydroxyl groups excluding tert-OH is 1. The highest BCUT2D eigenvalue weighted by molar-refractivity contribution is 8.06. The summed E-state index contributed by atoms with van der Waals surface area (Å²) in [5.41, 5.74) is 9.55. The molecule has 0 aromatic heterocycles. The van der Waals surface area contributed by atoms with Gasteiger partial charge in [-0.15, -0.1) is 0 Å². The molecule has 2 aromatic carbocycles. The third-order valence-corrected chi connectivity index (χ3v) is 9.29. The van der Waals surface area contributed by atoms with Crippen LogP contribution >= 0.6 is 12.5 Å². The van der Waals surface area contributed by atoms with Crippen LogP contribution in [-0.2, 0) is 12.8 Å². The second kappa shape index (κ2) is 11.3. The van der Waals surface area contributed by atoms with Crippen LogP contribution in [0.25, 0.3) is 0 Å². The highest BCUT2D eigenvalue weighted by Gasteiger charge is 2.56. The highest BCUT2D eigenvalue weighted by Crippen LogP contribution is 2.57. The lowest BCUT2D eigenvalue weighted by Gasteiger charge is -2.60. The minimum Gasteiger partial charge on any atom is -0.489 e. The number of nitriles is 1. The Labute approximate surface area is 247 Å². The van der Waals surface area contributed by atoms with Crippen molar-refractivity contribution >= 4 is 19.0 Å². The molecule has 0 aliphatic carbocycles. The van der Waals surface area contributed by atoms with Crippen molar-refractivity contribution in [1.29, 1.82) is 8.03 Å². The van der Waals surface area contributed by atoms with Crippen LogP contribution in [0.1, 0.15) is 56.6 Å². The molecule has 1 unspecified atom stereocenters. The summed E-state index contributed by atoms with van der Waals surface area (Å²) >= 11 is 3.63. The van der Waals surface area contributed by atoms with E-state index in [1.54, 1.807) is 12.9 Å². The van der Waals surface area contributed by atoms with Crippen LogP contribution in [0.5, 0.6) is 17.2 Å². The standard InChI is InChI=1S/C30H35N3O4.CH5BS/c1-7-8-35-28-18(5)29-30(37-14-36-29)26-20(28)11-22-27-25-17(4)16(3)15(2)9-19(25)10-21(32(27)6)23(12-31)33(22)24(26)13-34;1-2-3/h7,9,21-24,27,34H,1,8,10-11,13-14H2,2-6H3;2-3H,1H3/t21-,22?,23-,24-,27-;/m0./s1/i34T;2D. The summed E-state index contributed by atoms with van der Waals surface area (Å²) in [7, 11) is 2.17. The number of ether oxygens (including phenoxy) is 3. The molecule has 4 aliphatic rings. The Morgan fingerprint density at radius 2 is 1.98 bits per heavy atom. The fourth-order valence-corrected chi connectivity index (χ4v) is 7.47. The Balaban J connectivity index is 0.000000830. The van der Waals surface area contributed by atoms with Crippen molar-refractivity contribution in [1.82, 2.24) is 9.80 Å². The molecule has 4 heterocycles. The molecule has 0 spiro atoms. The van der Waals surface area contributed by atoms with Gasteiger partial charge >= 0.3 is 0 Å². The maximum Gasteiger partial charge on any atom is 0.231 e. The Bertz CT molecular complexity index is 1430. The van der Waals surface area contributed by atoms with Crippen molar-refractivity contribution < 1.29 is 19.3 Å². The molecule has 1 fully saturated rings. The molecule has 212 valence electrons. The molecule has 9 heteroatoms. The van der Waals surface area contributed by atoms with Crippen molar-refractivity contribution in [2.45, 2.75) is 77.6 Å². The molecule has 6 rings (SSSR count). The van der Waals surface area contributed by atoms with Gasteiger partial charge in [-0.1, -0.05) is 25.5 Å². The number of fused-ring (bicyclic) bond motifs is 9. The van der Waals surface area contributed by atoms with Crippen molar-refractivity contribution in [2.24, 2.45) is 0 Å². The van der Waals surface area contributed by atoms with Gasteiger partial charge in [0.15, 0.2) is 18.0 Å². The average Bonchev–Trinajstić information content (AvgIpc) is 3.43. The van der Waals surface area contributed by atoms with Crippen LogP contribution in [0.3, 0.4) is 0 Å². The molecule has 7 nitrogen and oxygen atoms in total. The van der Waals surface area contributed by atoms with E-state index in [9.17, 15) is 5.26 Å². The quantitative estimate of drug-likeness (QED) is 0.319. The van der Waals surface area contributed by atoms with E-state index in [0.29, 0.717) is 24.5 Å². The van der Waals surface area contributed by atoms with Gasteiger partial charge in [0.25, 0.3) is 0 Å². The molecule has 0 amide bonds. The van der Waals surface area contributed by atoms with E-state index in [1.165, 1.54) is 27.8 Å². The molecule has 0 radical (unpaired) electrons. The van der Waals surface area contributed by atoms with Gasteiger partial charge in [0.05, 0.1) is 24.8 Å². The molecule has 2 bridgehead atoms. The number of hydrogen-bond donors (Lipinski definition) is 2. The predicted molar refractivity (Wildman–Crippen MR) is 162 cm³/mol. The number of nitrogens with zero attached hydrogens (tertiary/aromatic N) is 3. The molecular weight excluding hydrogens is 521 g/mol. The predicted octanol–water partition coefficient (Wildman–Crippen LogP) is 4.29. The van der Waals surface area contributed by atoms with E-state index in [4.69, 9.17) is 22.1 Å². The van der Waals surface area contributed by atoms with Crippen LogP contribution in [0.2, 0.25) is 6.82 Å². The number of rotatable bonds is 5. The van der Waals surface area contributed by atoms with Gasteiger partial charge in [0.2, 0.25) is 8.22 Å². The Morgan fingerprint density at radius 1 is 1.25 bits per heavy atom. The summed E-state index contributed by atoms with van der Waals surface area (Å²) in [6, 6.07) is 4.37.